The number of rotatable bonds is 0. The molecule has 3 saturated heterocycles. The predicted octanol–water partition coefficient (Wildman–Crippen LogP) is 1.11. The highest BCUT2D eigenvalue weighted by atomic mass is 16.3. The smallest absolute Gasteiger partial charge is 0.128 e. The van der Waals surface area contributed by atoms with Crippen molar-refractivity contribution < 1.29 is 15.3 Å². The van der Waals surface area contributed by atoms with Gasteiger partial charge in [0.2, 0.25) is 0 Å². The van der Waals surface area contributed by atoms with Gasteiger partial charge in [-0.1, -0.05) is 19.9 Å². The van der Waals surface area contributed by atoms with Crippen molar-refractivity contribution in [1.29, 1.82) is 0 Å². The van der Waals surface area contributed by atoms with E-state index in [1.807, 2.05) is 0 Å². The van der Waals surface area contributed by atoms with Crippen LogP contribution in [0.1, 0.15) is 39.0 Å². The molecule has 24 heavy (non-hydrogen) atoms. The van der Waals surface area contributed by atoms with Gasteiger partial charge in [-0.05, 0) is 42.6 Å². The van der Waals surface area contributed by atoms with E-state index >= 15 is 0 Å². The lowest BCUT2D eigenvalue weighted by Crippen LogP contribution is -2.69. The van der Waals surface area contributed by atoms with E-state index in [1.165, 1.54) is 6.42 Å². The normalized spacial score (nSPS) is 76.1. The molecule has 0 radical (unpaired) electrons. The van der Waals surface area contributed by atoms with Crippen molar-refractivity contribution in [2.75, 3.05) is 6.54 Å². The van der Waals surface area contributed by atoms with Crippen LogP contribution in [0, 0.1) is 39.9 Å². The zero-order valence-corrected chi connectivity index (χ0v) is 14.3. The molecule has 6 aliphatic carbocycles. The van der Waals surface area contributed by atoms with Gasteiger partial charge in [0.1, 0.15) is 5.72 Å². The van der Waals surface area contributed by atoms with Gasteiger partial charge in [0.15, 0.2) is 0 Å². The molecule has 1 unspecified atom stereocenters. The number of aliphatic hydroxyl groups is 3. The Balaban J connectivity index is 1.58. The number of hydrogen-bond acceptors (Lipinski definition) is 4. The van der Waals surface area contributed by atoms with Crippen molar-refractivity contribution in [1.82, 2.24) is 4.90 Å². The minimum absolute atomic E-state index is 0.0220. The molecule has 0 aromatic heterocycles. The van der Waals surface area contributed by atoms with Gasteiger partial charge >= 0.3 is 0 Å². The van der Waals surface area contributed by atoms with Gasteiger partial charge in [-0.3, -0.25) is 4.90 Å². The second kappa shape index (κ2) is 3.28. The predicted molar refractivity (Wildman–Crippen MR) is 86.6 cm³/mol. The highest BCUT2D eigenvalue weighted by Crippen LogP contribution is 2.89. The van der Waals surface area contributed by atoms with Crippen molar-refractivity contribution in [3.05, 3.63) is 12.2 Å². The lowest BCUT2D eigenvalue weighted by Gasteiger charge is -2.65. The van der Waals surface area contributed by atoms with Crippen molar-refractivity contribution in [3.63, 3.8) is 0 Å². The summed E-state index contributed by atoms with van der Waals surface area (Å²) < 4.78 is 0. The Kier molecular flexibility index (Phi) is 1.88. The Morgan fingerprint density at radius 1 is 1.21 bits per heavy atom. The van der Waals surface area contributed by atoms with E-state index in [1.54, 1.807) is 0 Å². The lowest BCUT2D eigenvalue weighted by atomic mass is 9.39. The Morgan fingerprint density at radius 2 is 2.00 bits per heavy atom. The van der Waals surface area contributed by atoms with Crippen LogP contribution >= 0.6 is 0 Å². The number of aliphatic hydroxyl groups excluding tert-OH is 2. The average Bonchev–Trinajstić information content (AvgIpc) is 2.94. The molecule has 4 heteroatoms. The zero-order chi connectivity index (χ0) is 16.4. The van der Waals surface area contributed by atoms with Gasteiger partial charge in [0.05, 0.1) is 12.2 Å². The van der Waals surface area contributed by atoms with E-state index in [2.05, 4.69) is 18.4 Å². The molecule has 0 aromatic rings. The van der Waals surface area contributed by atoms with E-state index in [0.29, 0.717) is 12.0 Å². The van der Waals surface area contributed by atoms with Crippen LogP contribution in [0.25, 0.3) is 0 Å². The van der Waals surface area contributed by atoms with Gasteiger partial charge in [-0.2, -0.15) is 0 Å². The standard InChI is InChI=1S/C20H27NO3/c1-9-10-6-12-18(16(9)23)7-11-14-17(2)4-3-5-19(14,15(18)13(10)22)20(12,24)21(11)8-17/h10-16,22-24H,1,3-8H2,2H3/t10-,11+,12+,13+,14-,15-,16-,17+,18-,19+,20+/m1/s1. The van der Waals surface area contributed by atoms with Gasteiger partial charge in [-0.25, -0.2) is 0 Å². The minimum Gasteiger partial charge on any atom is -0.392 e. The molecule has 4 nitrogen and oxygen atoms in total. The topological polar surface area (TPSA) is 63.9 Å². The van der Waals surface area contributed by atoms with Crippen LogP contribution in [0.4, 0.5) is 0 Å². The first-order valence-electron chi connectivity index (χ1n) is 9.88. The van der Waals surface area contributed by atoms with E-state index in [-0.39, 0.29) is 34.0 Å². The third-order valence-electron chi connectivity index (χ3n) is 10.5. The summed E-state index contributed by atoms with van der Waals surface area (Å²) in [7, 11) is 0. The molecule has 6 saturated carbocycles. The molecular weight excluding hydrogens is 302 g/mol. The largest absolute Gasteiger partial charge is 0.392 e. The van der Waals surface area contributed by atoms with E-state index in [4.69, 9.17) is 0 Å². The minimum atomic E-state index is -0.789. The van der Waals surface area contributed by atoms with Crippen LogP contribution in [0.2, 0.25) is 0 Å². The fourth-order valence-electron chi connectivity index (χ4n) is 10.5. The summed E-state index contributed by atoms with van der Waals surface area (Å²) >= 11 is 0. The summed E-state index contributed by atoms with van der Waals surface area (Å²) in [6, 6.07) is 0.400. The van der Waals surface area contributed by atoms with Crippen molar-refractivity contribution >= 4 is 0 Å². The molecule has 0 aromatic carbocycles. The first kappa shape index (κ1) is 13.7. The van der Waals surface area contributed by atoms with Crippen LogP contribution in [0.5, 0.6) is 0 Å². The molecule has 0 amide bonds. The summed E-state index contributed by atoms with van der Waals surface area (Å²) in [4.78, 5) is 2.45. The molecule has 9 fully saturated rings. The maximum Gasteiger partial charge on any atom is 0.128 e. The Labute approximate surface area is 142 Å². The fourth-order valence-corrected chi connectivity index (χ4v) is 10.5. The van der Waals surface area contributed by atoms with Gasteiger partial charge in [0.25, 0.3) is 0 Å². The summed E-state index contributed by atoms with van der Waals surface area (Å²) in [5, 5.41) is 34.8. The number of fused-ring (bicyclic) bond motifs is 1. The number of hydrogen-bond donors (Lipinski definition) is 3. The second-order valence-corrected chi connectivity index (χ2v) is 10.6. The molecule has 3 N–H and O–H groups in total. The molecule has 130 valence electrons. The van der Waals surface area contributed by atoms with Crippen LogP contribution in [-0.4, -0.2) is 50.7 Å². The monoisotopic (exact) mass is 329 g/mol. The summed E-state index contributed by atoms with van der Waals surface area (Å²) in [6.07, 6.45) is 4.26. The van der Waals surface area contributed by atoms with E-state index in [9.17, 15) is 15.3 Å². The van der Waals surface area contributed by atoms with Crippen molar-refractivity contribution in [3.8, 4) is 0 Å². The van der Waals surface area contributed by atoms with E-state index in [0.717, 1.165) is 37.8 Å². The first-order valence-corrected chi connectivity index (χ1v) is 9.88. The fraction of sp³-hybridized carbons (Fsp3) is 0.900. The molecule has 9 aliphatic rings. The summed E-state index contributed by atoms with van der Waals surface area (Å²) in [6.45, 7) is 7.60. The Hall–Kier alpha value is -0.420. The zero-order valence-electron chi connectivity index (χ0n) is 14.3. The van der Waals surface area contributed by atoms with Crippen LogP contribution in [-0.2, 0) is 0 Å². The van der Waals surface area contributed by atoms with Gasteiger partial charge in [-0.15, -0.1) is 0 Å². The highest BCUT2D eigenvalue weighted by molar-refractivity contribution is 5.45. The molecular formula is C20H27NO3. The molecule has 2 spiro atoms. The maximum atomic E-state index is 12.2. The van der Waals surface area contributed by atoms with E-state index < -0.39 is 17.9 Å². The summed E-state index contributed by atoms with van der Waals surface area (Å²) in [5.41, 5.74) is -0.169. The SMILES string of the molecule is C=C1[C@H]2C[C@H]3[C@@]4(C[C@H]5[C@@H]6[C@@]7(C)CCC[C@]6([C@@H]4[C@H]2O)[C@]3(O)N5C7)[C@@H]1O. The van der Waals surface area contributed by atoms with Crippen LogP contribution in [0.15, 0.2) is 12.2 Å². The molecule has 9 bridgehead atoms. The number of nitrogens with zero attached hydrogens (tertiary/aromatic N) is 1. The lowest BCUT2D eigenvalue weighted by molar-refractivity contribution is -0.238. The second-order valence-electron chi connectivity index (χ2n) is 10.6. The first-order chi connectivity index (χ1) is 11.3. The van der Waals surface area contributed by atoms with Crippen LogP contribution < -0.4 is 0 Å². The Morgan fingerprint density at radius 3 is 2.79 bits per heavy atom. The third kappa shape index (κ3) is 0.869. The molecule has 9 rings (SSSR count). The maximum absolute atomic E-state index is 12.2. The molecule has 3 aliphatic heterocycles. The molecule has 12 atom stereocenters. The quantitative estimate of drug-likeness (QED) is 0.583. The van der Waals surface area contributed by atoms with Crippen molar-refractivity contribution in [2.24, 2.45) is 39.9 Å². The third-order valence-corrected chi connectivity index (χ3v) is 10.5. The Bertz CT molecular complexity index is 724. The van der Waals surface area contributed by atoms with Crippen molar-refractivity contribution in [2.45, 2.75) is 63.0 Å². The summed E-state index contributed by atoms with van der Waals surface area (Å²) in [5.74, 6) is 0.656. The van der Waals surface area contributed by atoms with Crippen LogP contribution in [0.3, 0.4) is 0 Å². The number of piperidine rings is 2. The molecule has 3 heterocycles. The van der Waals surface area contributed by atoms with Gasteiger partial charge in [0, 0.05) is 41.2 Å². The van der Waals surface area contributed by atoms with Gasteiger partial charge < -0.3 is 15.3 Å². The average molecular weight is 329 g/mol. The highest BCUT2D eigenvalue weighted by Gasteiger charge is 2.94.